The molecule has 0 fully saturated rings. The third-order valence-corrected chi connectivity index (χ3v) is 3.28. The molecule has 1 N–H and O–H groups in total. The van der Waals surface area contributed by atoms with Crippen molar-refractivity contribution in [3.05, 3.63) is 47.7 Å². The van der Waals surface area contributed by atoms with Gasteiger partial charge in [0.25, 0.3) is 0 Å². The standard InChI is InChI=1S/C15H16N8O2/c1-11(15(25)22(3)21(2)10-24)19-20-14-12(8-16)9-18-23(14)13-6-4-5-7-17-13/h4-7,9-10,25H,1-3H3/b15-11-,20-19?. The second-order valence-electron chi connectivity index (χ2n) is 4.91. The fraction of sp³-hybridized carbons (Fsp3) is 0.200. The molecule has 0 atom stereocenters. The number of hydrogen-bond acceptors (Lipinski definition) is 8. The zero-order chi connectivity index (χ0) is 18.4. The molecule has 1 amide bonds. The van der Waals surface area contributed by atoms with Crippen molar-refractivity contribution in [3.8, 4) is 11.9 Å². The van der Waals surface area contributed by atoms with Crippen molar-refractivity contribution in [2.45, 2.75) is 6.92 Å². The SMILES string of the molecule is C/C(N=Nc1c(C#N)cnn1-c1ccccn1)=C(/O)N(C)N(C)C=O. The minimum atomic E-state index is -0.263. The number of aliphatic hydroxyl groups excluding tert-OH is 1. The Labute approximate surface area is 143 Å². The molecule has 2 aromatic heterocycles. The Morgan fingerprint density at radius 1 is 1.44 bits per heavy atom. The fourth-order valence-electron chi connectivity index (χ4n) is 1.79. The summed E-state index contributed by atoms with van der Waals surface area (Å²) in [4.78, 5) is 14.9. The molecule has 128 valence electrons. The molecule has 2 heterocycles. The summed E-state index contributed by atoms with van der Waals surface area (Å²) in [5, 5.41) is 33.6. The summed E-state index contributed by atoms with van der Waals surface area (Å²) in [6, 6.07) is 7.22. The molecule has 0 aliphatic carbocycles. The summed E-state index contributed by atoms with van der Waals surface area (Å²) in [7, 11) is 2.96. The van der Waals surface area contributed by atoms with E-state index in [0.29, 0.717) is 12.2 Å². The van der Waals surface area contributed by atoms with Crippen LogP contribution in [0.3, 0.4) is 0 Å². The van der Waals surface area contributed by atoms with E-state index in [-0.39, 0.29) is 23.0 Å². The first-order valence-electron chi connectivity index (χ1n) is 7.12. The van der Waals surface area contributed by atoms with Gasteiger partial charge in [-0.2, -0.15) is 15.0 Å². The molecule has 0 aliphatic rings. The van der Waals surface area contributed by atoms with Crippen LogP contribution in [0.1, 0.15) is 12.5 Å². The van der Waals surface area contributed by atoms with Crippen molar-refractivity contribution in [1.82, 2.24) is 24.8 Å². The third-order valence-electron chi connectivity index (χ3n) is 3.28. The van der Waals surface area contributed by atoms with E-state index in [9.17, 15) is 15.2 Å². The Hall–Kier alpha value is -3.74. The van der Waals surface area contributed by atoms with Gasteiger partial charge in [-0.25, -0.2) is 4.98 Å². The number of hydrogen-bond donors (Lipinski definition) is 1. The molecule has 10 heteroatoms. The van der Waals surface area contributed by atoms with E-state index in [0.717, 1.165) is 5.01 Å². The monoisotopic (exact) mass is 340 g/mol. The van der Waals surface area contributed by atoms with E-state index < -0.39 is 0 Å². The van der Waals surface area contributed by atoms with Gasteiger partial charge in [-0.15, -0.1) is 10.2 Å². The largest absolute Gasteiger partial charge is 0.492 e. The van der Waals surface area contributed by atoms with Crippen molar-refractivity contribution in [3.63, 3.8) is 0 Å². The molecule has 0 spiro atoms. The maximum Gasteiger partial charge on any atom is 0.229 e. The second-order valence-corrected chi connectivity index (χ2v) is 4.91. The molecule has 25 heavy (non-hydrogen) atoms. The topological polar surface area (TPSA) is 123 Å². The zero-order valence-electron chi connectivity index (χ0n) is 13.9. The van der Waals surface area contributed by atoms with Gasteiger partial charge in [-0.3, -0.25) is 14.8 Å². The number of allylic oxidation sites excluding steroid dienone is 1. The quantitative estimate of drug-likeness (QED) is 0.371. The molecule has 10 nitrogen and oxygen atoms in total. The van der Waals surface area contributed by atoms with E-state index in [1.807, 2.05) is 6.07 Å². The van der Waals surface area contributed by atoms with Crippen LogP contribution in [0.25, 0.3) is 5.82 Å². The first kappa shape index (κ1) is 17.6. The predicted molar refractivity (Wildman–Crippen MR) is 87.5 cm³/mol. The molecule has 0 aromatic carbocycles. The summed E-state index contributed by atoms with van der Waals surface area (Å²) in [5.41, 5.74) is 0.355. The number of pyridine rings is 1. The Morgan fingerprint density at radius 2 is 2.20 bits per heavy atom. The lowest BCUT2D eigenvalue weighted by molar-refractivity contribution is -0.129. The average Bonchev–Trinajstić information content (AvgIpc) is 3.07. The van der Waals surface area contributed by atoms with Crippen LogP contribution in [-0.4, -0.2) is 50.4 Å². The summed E-state index contributed by atoms with van der Waals surface area (Å²) < 4.78 is 1.37. The highest BCUT2D eigenvalue weighted by atomic mass is 16.3. The van der Waals surface area contributed by atoms with Crippen LogP contribution in [0.5, 0.6) is 0 Å². The Bertz CT molecular complexity index is 850. The smallest absolute Gasteiger partial charge is 0.229 e. The van der Waals surface area contributed by atoms with Crippen molar-refractivity contribution in [2.75, 3.05) is 14.1 Å². The van der Waals surface area contributed by atoms with Crippen LogP contribution in [0.4, 0.5) is 5.82 Å². The molecule has 0 bridgehead atoms. The van der Waals surface area contributed by atoms with E-state index in [1.54, 1.807) is 24.4 Å². The summed E-state index contributed by atoms with van der Waals surface area (Å²) in [6.07, 6.45) is 3.48. The van der Waals surface area contributed by atoms with Crippen LogP contribution in [0.2, 0.25) is 0 Å². The first-order valence-corrected chi connectivity index (χ1v) is 7.12. The van der Waals surface area contributed by atoms with E-state index in [1.165, 1.54) is 36.9 Å². The van der Waals surface area contributed by atoms with Gasteiger partial charge in [0.1, 0.15) is 17.3 Å². The van der Waals surface area contributed by atoms with Crippen LogP contribution >= 0.6 is 0 Å². The average molecular weight is 340 g/mol. The summed E-state index contributed by atoms with van der Waals surface area (Å²) >= 11 is 0. The zero-order valence-corrected chi connectivity index (χ0v) is 13.9. The van der Waals surface area contributed by atoms with Crippen LogP contribution in [0, 0.1) is 11.3 Å². The number of hydrazine groups is 1. The minimum Gasteiger partial charge on any atom is -0.492 e. The van der Waals surface area contributed by atoms with Gasteiger partial charge < -0.3 is 5.11 Å². The van der Waals surface area contributed by atoms with E-state index in [2.05, 4.69) is 20.3 Å². The molecule has 0 saturated carbocycles. The van der Waals surface area contributed by atoms with Gasteiger partial charge in [-0.05, 0) is 19.1 Å². The number of carbonyl (C=O) groups is 1. The highest BCUT2D eigenvalue weighted by molar-refractivity contribution is 5.50. The molecular weight excluding hydrogens is 324 g/mol. The third kappa shape index (κ3) is 3.78. The lowest BCUT2D eigenvalue weighted by Crippen LogP contribution is -2.35. The Kier molecular flexibility index (Phi) is 5.42. The van der Waals surface area contributed by atoms with E-state index in [4.69, 9.17) is 0 Å². The number of amides is 1. The molecule has 2 rings (SSSR count). The van der Waals surface area contributed by atoms with Crippen LogP contribution in [0.15, 0.2) is 52.4 Å². The summed E-state index contributed by atoms with van der Waals surface area (Å²) in [6.45, 7) is 1.52. The summed E-state index contributed by atoms with van der Waals surface area (Å²) in [5.74, 6) is 0.391. The van der Waals surface area contributed by atoms with Crippen LogP contribution in [-0.2, 0) is 4.79 Å². The molecule has 0 unspecified atom stereocenters. The minimum absolute atomic E-state index is 0.147. The number of nitrogens with zero attached hydrogens (tertiary/aromatic N) is 8. The number of azo groups is 1. The van der Waals surface area contributed by atoms with Gasteiger partial charge in [0.05, 0.1) is 6.20 Å². The van der Waals surface area contributed by atoms with Gasteiger partial charge in [-0.1, -0.05) is 6.07 Å². The normalized spacial score (nSPS) is 11.8. The van der Waals surface area contributed by atoms with Gasteiger partial charge in [0.2, 0.25) is 12.3 Å². The Balaban J connectivity index is 2.40. The highest BCUT2D eigenvalue weighted by Crippen LogP contribution is 2.23. The molecule has 2 aromatic rings. The van der Waals surface area contributed by atoms with Crippen LogP contribution < -0.4 is 0 Å². The number of rotatable bonds is 6. The molecular formula is C15H16N8O2. The number of carbonyl (C=O) groups excluding carboxylic acids is 1. The highest BCUT2D eigenvalue weighted by Gasteiger charge is 2.14. The number of aliphatic hydroxyl groups is 1. The van der Waals surface area contributed by atoms with Gasteiger partial charge >= 0.3 is 0 Å². The predicted octanol–water partition coefficient (Wildman–Crippen LogP) is 1.90. The molecule has 0 radical (unpaired) electrons. The number of aromatic nitrogens is 3. The second kappa shape index (κ2) is 7.69. The Morgan fingerprint density at radius 3 is 2.80 bits per heavy atom. The fourth-order valence-corrected chi connectivity index (χ4v) is 1.79. The first-order chi connectivity index (χ1) is 12.0. The van der Waals surface area contributed by atoms with Crippen molar-refractivity contribution in [2.24, 2.45) is 10.2 Å². The number of nitriles is 1. The molecule has 0 saturated heterocycles. The van der Waals surface area contributed by atoms with Crippen molar-refractivity contribution >= 4 is 12.2 Å². The van der Waals surface area contributed by atoms with E-state index >= 15 is 0 Å². The maximum atomic E-state index is 10.7. The van der Waals surface area contributed by atoms with Gasteiger partial charge in [0, 0.05) is 20.3 Å². The van der Waals surface area contributed by atoms with Crippen molar-refractivity contribution < 1.29 is 9.90 Å². The van der Waals surface area contributed by atoms with Gasteiger partial charge in [0.15, 0.2) is 11.6 Å². The maximum absolute atomic E-state index is 10.7. The lowest BCUT2D eigenvalue weighted by Gasteiger charge is -2.25. The molecule has 0 aliphatic heterocycles. The lowest BCUT2D eigenvalue weighted by atomic mass is 10.3. The van der Waals surface area contributed by atoms with Crippen molar-refractivity contribution in [1.29, 1.82) is 5.26 Å².